The second-order valence-electron chi connectivity index (χ2n) is 2.34. The molecule has 0 fully saturated rings. The van der Waals surface area contributed by atoms with Crippen molar-refractivity contribution in [1.29, 1.82) is 0 Å². The first-order valence-corrected chi connectivity index (χ1v) is 9.25. The van der Waals surface area contributed by atoms with Gasteiger partial charge in [-0.1, -0.05) is 22.3 Å². The molecule has 0 aliphatic heterocycles. The molecule has 8 heteroatoms. The first kappa shape index (κ1) is 13.0. The summed E-state index contributed by atoms with van der Waals surface area (Å²) in [5.41, 5.74) is 0.885. The van der Waals surface area contributed by atoms with Gasteiger partial charge < -0.3 is 0 Å². The van der Waals surface area contributed by atoms with E-state index < -0.39 is 0 Å². The summed E-state index contributed by atoms with van der Waals surface area (Å²) in [6.45, 7) is 0. The molecule has 1 heterocycles. The molecule has 1 atom stereocenters. The highest BCUT2D eigenvalue weighted by Gasteiger charge is 2.04. The third-order valence-electron chi connectivity index (χ3n) is 1.30. The van der Waals surface area contributed by atoms with E-state index in [9.17, 15) is 0 Å². The fourth-order valence-corrected chi connectivity index (χ4v) is 4.94. The second kappa shape index (κ2) is 6.47. The van der Waals surface area contributed by atoms with Gasteiger partial charge in [0, 0.05) is 38.7 Å². The third kappa shape index (κ3) is 4.18. The molecule has 0 aromatic carbocycles. The lowest BCUT2D eigenvalue weighted by Gasteiger charge is -2.02. The molecule has 0 bridgehead atoms. The average Bonchev–Trinajstić information content (AvgIpc) is 2.10. The van der Waals surface area contributed by atoms with Crippen LogP contribution in [0.4, 0.5) is 0 Å². The SMILES string of the molecule is C/S(Cc1cnc(Cl)nc1Cl)=N\SI. The number of hydrogen-bond acceptors (Lipinski definition) is 4. The number of hydrogen-bond donors (Lipinski definition) is 0. The average molecular weight is 382 g/mol. The molecule has 3 nitrogen and oxygen atoms in total. The number of aromatic nitrogens is 2. The lowest BCUT2D eigenvalue weighted by atomic mass is 10.4. The van der Waals surface area contributed by atoms with Gasteiger partial charge in [0.05, 0.1) is 9.12 Å². The topological polar surface area (TPSA) is 38.1 Å². The zero-order chi connectivity index (χ0) is 10.6. The monoisotopic (exact) mass is 381 g/mol. The van der Waals surface area contributed by atoms with Crippen molar-refractivity contribution in [2.75, 3.05) is 6.26 Å². The molecular weight excluding hydrogens is 376 g/mol. The van der Waals surface area contributed by atoms with Gasteiger partial charge in [0.1, 0.15) is 5.15 Å². The minimum atomic E-state index is -0.0650. The molecule has 0 N–H and O–H groups in total. The first-order valence-electron chi connectivity index (χ1n) is 3.42. The van der Waals surface area contributed by atoms with E-state index >= 15 is 0 Å². The van der Waals surface area contributed by atoms with Crippen LogP contribution in [0.15, 0.2) is 9.96 Å². The Labute approximate surface area is 111 Å². The molecule has 0 saturated heterocycles. The zero-order valence-corrected chi connectivity index (χ0v) is 12.4. The molecule has 0 amide bonds. The molecule has 0 spiro atoms. The van der Waals surface area contributed by atoms with Gasteiger partial charge in [-0.05, 0) is 17.9 Å². The Hall–Kier alpha value is 0.890. The first-order chi connectivity index (χ1) is 6.63. The second-order valence-corrected chi connectivity index (χ2v) is 6.44. The largest absolute Gasteiger partial charge is 0.226 e. The molecule has 0 radical (unpaired) electrons. The smallest absolute Gasteiger partial charge is 0.223 e. The van der Waals surface area contributed by atoms with Crippen LogP contribution in [0.3, 0.4) is 0 Å². The molecule has 1 aromatic rings. The summed E-state index contributed by atoms with van der Waals surface area (Å²) < 4.78 is 4.27. The summed E-state index contributed by atoms with van der Waals surface area (Å²) in [6, 6.07) is 0. The number of rotatable bonds is 3. The Morgan fingerprint density at radius 3 is 2.93 bits per heavy atom. The van der Waals surface area contributed by atoms with E-state index in [4.69, 9.17) is 23.2 Å². The molecule has 78 valence electrons. The highest BCUT2D eigenvalue weighted by molar-refractivity contribution is 14.2. The molecule has 0 saturated carbocycles. The van der Waals surface area contributed by atoms with Crippen LogP contribution in [0.2, 0.25) is 10.4 Å². The molecule has 1 unspecified atom stereocenters. The molecular formula is C6H6Cl2IN3S2. The molecule has 1 rings (SSSR count). The van der Waals surface area contributed by atoms with Gasteiger partial charge in [0.2, 0.25) is 5.28 Å². The van der Waals surface area contributed by atoms with E-state index in [0.717, 1.165) is 11.3 Å². The van der Waals surface area contributed by atoms with Crippen LogP contribution in [-0.2, 0) is 16.4 Å². The van der Waals surface area contributed by atoms with Gasteiger partial charge in [0.25, 0.3) is 0 Å². The Morgan fingerprint density at radius 1 is 1.64 bits per heavy atom. The van der Waals surface area contributed by atoms with Crippen molar-refractivity contribution < 1.29 is 0 Å². The van der Waals surface area contributed by atoms with Crippen LogP contribution in [0.5, 0.6) is 0 Å². The van der Waals surface area contributed by atoms with Gasteiger partial charge in [-0.3, -0.25) is 0 Å². The summed E-state index contributed by atoms with van der Waals surface area (Å²) in [4.78, 5) is 7.74. The van der Waals surface area contributed by atoms with E-state index in [0.29, 0.717) is 5.15 Å². The Balaban J connectivity index is 2.82. The van der Waals surface area contributed by atoms with Gasteiger partial charge >= 0.3 is 0 Å². The van der Waals surface area contributed by atoms with E-state index in [1.54, 1.807) is 6.20 Å². The van der Waals surface area contributed by atoms with E-state index in [1.165, 1.54) is 9.12 Å². The van der Waals surface area contributed by atoms with Gasteiger partial charge in [-0.2, -0.15) is 3.77 Å². The molecule has 0 aliphatic carbocycles. The lowest BCUT2D eigenvalue weighted by molar-refractivity contribution is 1.12. The summed E-state index contributed by atoms with van der Waals surface area (Å²) in [6.07, 6.45) is 3.69. The highest BCUT2D eigenvalue weighted by atomic mass is 127. The Kier molecular flexibility index (Phi) is 5.99. The minimum absolute atomic E-state index is 0.0650. The van der Waals surface area contributed by atoms with Crippen LogP contribution < -0.4 is 0 Å². The Morgan fingerprint density at radius 2 is 2.36 bits per heavy atom. The van der Waals surface area contributed by atoms with Crippen LogP contribution in [0, 0.1) is 0 Å². The van der Waals surface area contributed by atoms with Crippen LogP contribution in [0.1, 0.15) is 5.56 Å². The van der Waals surface area contributed by atoms with Gasteiger partial charge in [-0.15, -0.1) is 0 Å². The van der Waals surface area contributed by atoms with Crippen molar-refractivity contribution in [3.05, 3.63) is 22.2 Å². The summed E-state index contributed by atoms with van der Waals surface area (Å²) in [5.74, 6) is 0.756. The summed E-state index contributed by atoms with van der Waals surface area (Å²) in [7, 11) is 1.37. The maximum absolute atomic E-state index is 5.89. The highest BCUT2D eigenvalue weighted by Crippen LogP contribution is 2.19. The minimum Gasteiger partial charge on any atom is -0.226 e. The van der Waals surface area contributed by atoms with Gasteiger partial charge in [0.15, 0.2) is 0 Å². The van der Waals surface area contributed by atoms with Crippen molar-refractivity contribution in [2.24, 2.45) is 3.77 Å². The maximum atomic E-state index is 5.89. The van der Waals surface area contributed by atoms with E-state index in [2.05, 4.69) is 34.9 Å². The summed E-state index contributed by atoms with van der Waals surface area (Å²) in [5, 5.41) is 0.591. The predicted octanol–water partition coefficient (Wildman–Crippen LogP) is 3.71. The molecule has 0 aliphatic rings. The molecule has 14 heavy (non-hydrogen) atoms. The van der Waals surface area contributed by atoms with E-state index in [-0.39, 0.29) is 16.0 Å². The van der Waals surface area contributed by atoms with Gasteiger partial charge in [-0.25, -0.2) is 9.97 Å². The van der Waals surface area contributed by atoms with Crippen LogP contribution in [-0.4, -0.2) is 16.2 Å². The fraction of sp³-hybridized carbons (Fsp3) is 0.333. The van der Waals surface area contributed by atoms with Crippen molar-refractivity contribution in [1.82, 2.24) is 9.97 Å². The summed E-state index contributed by atoms with van der Waals surface area (Å²) >= 11 is 13.6. The van der Waals surface area contributed by atoms with Crippen molar-refractivity contribution in [2.45, 2.75) is 5.75 Å². The standard InChI is InChI=1S/C6H6Cl2IN3S2/c1-14(12-13-9)3-4-2-10-6(8)11-5(4)7/h2H,3H2,1H3. The van der Waals surface area contributed by atoms with Crippen LogP contribution >= 0.6 is 53.5 Å². The molecule has 1 aromatic heterocycles. The third-order valence-corrected chi connectivity index (χ3v) is 5.23. The number of nitrogens with zero attached hydrogens (tertiary/aromatic N) is 3. The zero-order valence-electron chi connectivity index (χ0n) is 7.08. The van der Waals surface area contributed by atoms with Crippen molar-refractivity contribution in [3.63, 3.8) is 0 Å². The number of halogens is 3. The predicted molar refractivity (Wildman–Crippen MR) is 73.1 cm³/mol. The normalized spacial score (nSPS) is 13.1. The lowest BCUT2D eigenvalue weighted by Crippen LogP contribution is -1.96. The quantitative estimate of drug-likeness (QED) is 0.346. The Bertz CT molecular complexity index is 361. The van der Waals surface area contributed by atoms with Crippen molar-refractivity contribution >= 4 is 64.2 Å². The maximum Gasteiger partial charge on any atom is 0.223 e. The van der Waals surface area contributed by atoms with E-state index in [1.807, 2.05) is 6.26 Å². The fourth-order valence-electron chi connectivity index (χ4n) is 0.762. The van der Waals surface area contributed by atoms with Crippen molar-refractivity contribution in [3.8, 4) is 0 Å². The van der Waals surface area contributed by atoms with Crippen LogP contribution in [0.25, 0.3) is 0 Å².